The Bertz CT molecular complexity index is 548. The molecule has 104 valence electrons. The second kappa shape index (κ2) is 6.73. The number of carboxylic acid groups (broad SMARTS) is 1. The van der Waals surface area contributed by atoms with Crippen LogP contribution in [0.1, 0.15) is 12.0 Å². The monoisotopic (exact) mass is 272 g/mol. The minimum absolute atomic E-state index is 0.248. The second-order valence-electron chi connectivity index (χ2n) is 4.51. The van der Waals surface area contributed by atoms with E-state index in [9.17, 15) is 9.90 Å². The van der Waals surface area contributed by atoms with Crippen molar-refractivity contribution in [3.63, 3.8) is 0 Å². The molecule has 0 heterocycles. The SMILES string of the molecule is O=C(O)C[C@@H](O)Cc1ccc(Oc2ccccc2)cc1. The van der Waals surface area contributed by atoms with Crippen LogP contribution in [0.15, 0.2) is 54.6 Å². The van der Waals surface area contributed by atoms with Gasteiger partial charge in [-0.3, -0.25) is 4.79 Å². The molecule has 0 aliphatic heterocycles. The first kappa shape index (κ1) is 14.1. The third-order valence-corrected chi connectivity index (χ3v) is 2.78. The molecule has 0 aliphatic carbocycles. The molecule has 20 heavy (non-hydrogen) atoms. The summed E-state index contributed by atoms with van der Waals surface area (Å²) in [5.41, 5.74) is 0.874. The van der Waals surface area contributed by atoms with Gasteiger partial charge in [-0.1, -0.05) is 30.3 Å². The fraction of sp³-hybridized carbons (Fsp3) is 0.188. The largest absolute Gasteiger partial charge is 0.481 e. The van der Waals surface area contributed by atoms with Gasteiger partial charge in [0.05, 0.1) is 12.5 Å². The number of benzene rings is 2. The molecule has 0 radical (unpaired) electrons. The number of para-hydroxylation sites is 1. The van der Waals surface area contributed by atoms with Crippen LogP contribution >= 0.6 is 0 Å². The molecule has 0 unspecified atom stereocenters. The van der Waals surface area contributed by atoms with Crippen LogP contribution in [0.3, 0.4) is 0 Å². The summed E-state index contributed by atoms with van der Waals surface area (Å²) < 4.78 is 5.65. The number of aliphatic hydroxyl groups is 1. The maximum absolute atomic E-state index is 10.5. The lowest BCUT2D eigenvalue weighted by Crippen LogP contribution is -2.15. The lowest BCUT2D eigenvalue weighted by molar-refractivity contribution is -0.139. The summed E-state index contributed by atoms with van der Waals surface area (Å²) in [4.78, 5) is 10.5. The van der Waals surface area contributed by atoms with E-state index >= 15 is 0 Å². The minimum Gasteiger partial charge on any atom is -0.481 e. The van der Waals surface area contributed by atoms with E-state index in [1.54, 1.807) is 12.1 Å². The number of hydrogen-bond acceptors (Lipinski definition) is 3. The first-order chi connectivity index (χ1) is 9.63. The highest BCUT2D eigenvalue weighted by Crippen LogP contribution is 2.21. The van der Waals surface area contributed by atoms with Gasteiger partial charge >= 0.3 is 5.97 Å². The summed E-state index contributed by atoms with van der Waals surface area (Å²) in [7, 11) is 0. The molecule has 0 aromatic heterocycles. The number of rotatable bonds is 6. The molecule has 0 spiro atoms. The predicted molar refractivity (Wildman–Crippen MR) is 74.9 cm³/mol. The summed E-state index contributed by atoms with van der Waals surface area (Å²) >= 11 is 0. The highest BCUT2D eigenvalue weighted by atomic mass is 16.5. The van der Waals surface area contributed by atoms with Crippen LogP contribution in [-0.2, 0) is 11.2 Å². The minimum atomic E-state index is -0.999. The molecule has 1 atom stereocenters. The molecular weight excluding hydrogens is 256 g/mol. The van der Waals surface area contributed by atoms with E-state index in [0.29, 0.717) is 12.2 Å². The maximum atomic E-state index is 10.5. The van der Waals surface area contributed by atoms with E-state index < -0.39 is 12.1 Å². The predicted octanol–water partition coefficient (Wildman–Crippen LogP) is 2.86. The molecule has 0 aliphatic rings. The van der Waals surface area contributed by atoms with Gasteiger partial charge in [-0.25, -0.2) is 0 Å². The average molecular weight is 272 g/mol. The quantitative estimate of drug-likeness (QED) is 0.848. The van der Waals surface area contributed by atoms with E-state index in [2.05, 4.69) is 0 Å². The zero-order chi connectivity index (χ0) is 14.4. The van der Waals surface area contributed by atoms with Gasteiger partial charge in [-0.05, 0) is 36.2 Å². The van der Waals surface area contributed by atoms with Gasteiger partial charge in [0.1, 0.15) is 11.5 Å². The molecule has 0 fully saturated rings. The van der Waals surface area contributed by atoms with E-state index in [0.717, 1.165) is 11.3 Å². The van der Waals surface area contributed by atoms with Crippen molar-refractivity contribution in [1.29, 1.82) is 0 Å². The Morgan fingerprint density at radius 1 is 1.00 bits per heavy atom. The van der Waals surface area contributed by atoms with Crippen molar-refractivity contribution in [2.45, 2.75) is 18.9 Å². The summed E-state index contributed by atoms with van der Waals surface area (Å²) in [5, 5.41) is 18.2. The topological polar surface area (TPSA) is 66.8 Å². The molecule has 2 rings (SSSR count). The lowest BCUT2D eigenvalue weighted by atomic mass is 10.1. The smallest absolute Gasteiger partial charge is 0.305 e. The number of hydrogen-bond donors (Lipinski definition) is 2. The fourth-order valence-corrected chi connectivity index (χ4v) is 1.86. The Hall–Kier alpha value is -2.33. The molecular formula is C16H16O4. The summed E-state index contributed by atoms with van der Waals surface area (Å²) in [6.07, 6.45) is -0.798. The van der Waals surface area contributed by atoms with Crippen LogP contribution in [0.5, 0.6) is 11.5 Å². The molecule has 2 aromatic rings. The molecule has 0 bridgehead atoms. The van der Waals surface area contributed by atoms with Crippen molar-refractivity contribution in [1.82, 2.24) is 0 Å². The van der Waals surface area contributed by atoms with Crippen molar-refractivity contribution in [2.24, 2.45) is 0 Å². The molecule has 4 heteroatoms. The zero-order valence-electron chi connectivity index (χ0n) is 10.9. The molecule has 4 nitrogen and oxygen atoms in total. The van der Waals surface area contributed by atoms with Gasteiger partial charge in [-0.15, -0.1) is 0 Å². The standard InChI is InChI=1S/C16H16O4/c17-13(11-16(18)19)10-12-6-8-15(9-7-12)20-14-4-2-1-3-5-14/h1-9,13,17H,10-11H2,(H,18,19)/t13-/m0/s1. The first-order valence-electron chi connectivity index (χ1n) is 6.35. The van der Waals surface area contributed by atoms with Crippen molar-refractivity contribution in [3.8, 4) is 11.5 Å². The number of aliphatic hydroxyl groups excluding tert-OH is 1. The van der Waals surface area contributed by atoms with Crippen molar-refractivity contribution in [2.75, 3.05) is 0 Å². The molecule has 0 saturated carbocycles. The van der Waals surface area contributed by atoms with E-state index in [-0.39, 0.29) is 6.42 Å². The van der Waals surface area contributed by atoms with Crippen LogP contribution in [0.2, 0.25) is 0 Å². The third-order valence-electron chi connectivity index (χ3n) is 2.78. The van der Waals surface area contributed by atoms with Crippen LogP contribution < -0.4 is 4.74 Å². The second-order valence-corrected chi connectivity index (χ2v) is 4.51. The van der Waals surface area contributed by atoms with E-state index in [1.165, 1.54) is 0 Å². The number of carbonyl (C=O) groups is 1. The molecule has 2 aromatic carbocycles. The van der Waals surface area contributed by atoms with Gasteiger partial charge < -0.3 is 14.9 Å². The summed E-state index contributed by atoms with van der Waals surface area (Å²) in [6.45, 7) is 0. The number of carboxylic acids is 1. The Kier molecular flexibility index (Phi) is 4.74. The Morgan fingerprint density at radius 2 is 1.60 bits per heavy atom. The average Bonchev–Trinajstić information content (AvgIpc) is 2.41. The van der Waals surface area contributed by atoms with E-state index in [1.807, 2.05) is 42.5 Å². The number of aliphatic carboxylic acids is 1. The van der Waals surface area contributed by atoms with Gasteiger partial charge in [0.2, 0.25) is 0 Å². The first-order valence-corrected chi connectivity index (χ1v) is 6.35. The van der Waals surface area contributed by atoms with Crippen LogP contribution in [0.4, 0.5) is 0 Å². The lowest BCUT2D eigenvalue weighted by Gasteiger charge is -2.09. The highest BCUT2D eigenvalue weighted by molar-refractivity contribution is 5.67. The van der Waals surface area contributed by atoms with E-state index in [4.69, 9.17) is 9.84 Å². The molecule has 2 N–H and O–H groups in total. The van der Waals surface area contributed by atoms with Crippen molar-refractivity contribution >= 4 is 5.97 Å². The van der Waals surface area contributed by atoms with Crippen LogP contribution in [-0.4, -0.2) is 22.3 Å². The summed E-state index contributed by atoms with van der Waals surface area (Å²) in [5.74, 6) is 0.459. The van der Waals surface area contributed by atoms with Crippen molar-refractivity contribution < 1.29 is 19.7 Å². The Labute approximate surface area is 117 Å². The van der Waals surface area contributed by atoms with Crippen LogP contribution in [0, 0.1) is 0 Å². The van der Waals surface area contributed by atoms with Gasteiger partial charge in [0.15, 0.2) is 0 Å². The van der Waals surface area contributed by atoms with Gasteiger partial charge in [0.25, 0.3) is 0 Å². The fourth-order valence-electron chi connectivity index (χ4n) is 1.86. The number of ether oxygens (including phenoxy) is 1. The third kappa shape index (κ3) is 4.40. The van der Waals surface area contributed by atoms with Crippen LogP contribution in [0.25, 0.3) is 0 Å². The zero-order valence-corrected chi connectivity index (χ0v) is 10.9. The van der Waals surface area contributed by atoms with Gasteiger partial charge in [0, 0.05) is 0 Å². The Morgan fingerprint density at radius 3 is 2.20 bits per heavy atom. The van der Waals surface area contributed by atoms with Crippen molar-refractivity contribution in [3.05, 3.63) is 60.2 Å². The molecule has 0 amide bonds. The highest BCUT2D eigenvalue weighted by Gasteiger charge is 2.10. The normalized spacial score (nSPS) is 11.8. The Balaban J connectivity index is 1.94. The summed E-state index contributed by atoms with van der Waals surface area (Å²) in [6, 6.07) is 16.7. The maximum Gasteiger partial charge on any atom is 0.305 e. The van der Waals surface area contributed by atoms with Gasteiger partial charge in [-0.2, -0.15) is 0 Å². The molecule has 0 saturated heterocycles.